The molecule has 1 N–H and O–H groups in total. The van der Waals surface area contributed by atoms with Crippen molar-refractivity contribution in [3.05, 3.63) is 64.7 Å². The first-order valence-electron chi connectivity index (χ1n) is 8.39. The Balaban J connectivity index is 1.63. The lowest BCUT2D eigenvalue weighted by Crippen LogP contribution is -2.42. The van der Waals surface area contributed by atoms with Crippen LogP contribution in [0.3, 0.4) is 0 Å². The van der Waals surface area contributed by atoms with Crippen molar-refractivity contribution in [2.24, 2.45) is 0 Å². The molecule has 1 aliphatic rings. The topological polar surface area (TPSA) is 48.5 Å². The largest absolute Gasteiger partial charge is 0.334 e. The maximum Gasteiger partial charge on any atom is 0.317 e. The normalized spacial score (nSPS) is 13.7. The average molecular weight is 342 g/mol. The van der Waals surface area contributed by atoms with E-state index in [0.29, 0.717) is 19.6 Å². The summed E-state index contributed by atoms with van der Waals surface area (Å²) < 4.78 is 13.2. The van der Waals surface area contributed by atoms with Gasteiger partial charge in [-0.15, -0.1) is 0 Å². The summed E-state index contributed by atoms with van der Waals surface area (Å²) in [6, 6.07) is 6.14. The number of halogens is 1. The van der Waals surface area contributed by atoms with Crippen molar-refractivity contribution in [2.75, 3.05) is 20.6 Å². The van der Waals surface area contributed by atoms with E-state index in [1.165, 1.54) is 23.3 Å². The van der Waals surface area contributed by atoms with Gasteiger partial charge in [-0.05, 0) is 54.9 Å². The number of pyridine rings is 1. The fourth-order valence-corrected chi connectivity index (χ4v) is 3.15. The molecule has 1 aliphatic heterocycles. The van der Waals surface area contributed by atoms with Gasteiger partial charge in [0.1, 0.15) is 5.82 Å². The van der Waals surface area contributed by atoms with Crippen molar-refractivity contribution in [2.45, 2.75) is 26.1 Å². The van der Waals surface area contributed by atoms with Gasteiger partial charge in [0.15, 0.2) is 0 Å². The fraction of sp³-hybridized carbons (Fsp3) is 0.368. The molecule has 132 valence electrons. The number of hydrogen-bond acceptors (Lipinski definition) is 3. The highest BCUT2D eigenvalue weighted by Crippen LogP contribution is 2.22. The van der Waals surface area contributed by atoms with Crippen LogP contribution in [0.5, 0.6) is 0 Å². The molecule has 0 saturated carbocycles. The number of aromatic nitrogens is 1. The molecule has 1 aromatic carbocycles. The molecule has 1 aromatic heterocycles. The molecular formula is C19H23FN4O. The van der Waals surface area contributed by atoms with Crippen molar-refractivity contribution >= 4 is 6.03 Å². The Kier molecular flexibility index (Phi) is 5.28. The molecule has 0 bridgehead atoms. The third-order valence-corrected chi connectivity index (χ3v) is 4.34. The molecule has 5 nitrogen and oxygen atoms in total. The second-order valence-corrected chi connectivity index (χ2v) is 6.63. The number of carbonyl (C=O) groups excluding carboxylic acids is 1. The third-order valence-electron chi connectivity index (χ3n) is 4.34. The smallest absolute Gasteiger partial charge is 0.317 e. The Hall–Kier alpha value is -2.47. The molecular weight excluding hydrogens is 319 g/mol. The van der Waals surface area contributed by atoms with Crippen LogP contribution in [0.1, 0.15) is 22.3 Å². The van der Waals surface area contributed by atoms with Crippen LogP contribution in [-0.4, -0.2) is 41.5 Å². The second kappa shape index (κ2) is 7.61. The standard InChI is InChI=1S/C19H23FN4O/c1-23(2)12-15-10-21-11-16-13-24(7-6-18(15)16)19(25)22-9-14-4-3-5-17(20)8-14/h3-5,8,10-11H,6-7,9,12-13H2,1-2H3,(H,22,25). The third kappa shape index (κ3) is 4.33. The van der Waals surface area contributed by atoms with E-state index < -0.39 is 0 Å². The van der Waals surface area contributed by atoms with Gasteiger partial charge < -0.3 is 15.1 Å². The van der Waals surface area contributed by atoms with Crippen LogP contribution in [0.4, 0.5) is 9.18 Å². The van der Waals surface area contributed by atoms with Crippen LogP contribution in [0.15, 0.2) is 36.7 Å². The van der Waals surface area contributed by atoms with E-state index in [2.05, 4.69) is 15.2 Å². The molecule has 0 radical (unpaired) electrons. The molecule has 0 spiro atoms. The molecule has 0 fully saturated rings. The predicted octanol–water partition coefficient (Wildman–Crippen LogP) is 2.55. The second-order valence-electron chi connectivity index (χ2n) is 6.63. The first-order chi connectivity index (χ1) is 12.0. The first-order valence-corrected chi connectivity index (χ1v) is 8.39. The first kappa shape index (κ1) is 17.4. The van der Waals surface area contributed by atoms with Gasteiger partial charge in [-0.2, -0.15) is 0 Å². The Morgan fingerprint density at radius 3 is 2.96 bits per heavy atom. The quantitative estimate of drug-likeness (QED) is 0.929. The lowest BCUT2D eigenvalue weighted by molar-refractivity contribution is 0.191. The van der Waals surface area contributed by atoms with E-state index in [4.69, 9.17) is 0 Å². The van der Waals surface area contributed by atoms with Crippen molar-refractivity contribution in [1.29, 1.82) is 0 Å². The Labute approximate surface area is 147 Å². The minimum Gasteiger partial charge on any atom is -0.334 e. The van der Waals surface area contributed by atoms with Crippen molar-refractivity contribution < 1.29 is 9.18 Å². The van der Waals surface area contributed by atoms with Crippen LogP contribution in [0.25, 0.3) is 0 Å². The van der Waals surface area contributed by atoms with Gasteiger partial charge in [-0.3, -0.25) is 4.98 Å². The van der Waals surface area contributed by atoms with E-state index in [0.717, 1.165) is 24.1 Å². The molecule has 2 aromatic rings. The van der Waals surface area contributed by atoms with E-state index in [-0.39, 0.29) is 11.8 Å². The number of fused-ring (bicyclic) bond motifs is 1. The van der Waals surface area contributed by atoms with Crippen LogP contribution >= 0.6 is 0 Å². The molecule has 0 saturated heterocycles. The minimum absolute atomic E-state index is 0.132. The van der Waals surface area contributed by atoms with E-state index in [1.54, 1.807) is 17.0 Å². The summed E-state index contributed by atoms with van der Waals surface area (Å²) in [6.45, 7) is 2.39. The Bertz CT molecular complexity index is 763. The Morgan fingerprint density at radius 1 is 1.36 bits per heavy atom. The Morgan fingerprint density at radius 2 is 2.20 bits per heavy atom. The summed E-state index contributed by atoms with van der Waals surface area (Å²) in [6.07, 6.45) is 4.59. The van der Waals surface area contributed by atoms with Crippen LogP contribution < -0.4 is 5.32 Å². The van der Waals surface area contributed by atoms with Crippen molar-refractivity contribution in [1.82, 2.24) is 20.1 Å². The van der Waals surface area contributed by atoms with E-state index in [1.807, 2.05) is 26.5 Å². The molecule has 6 heteroatoms. The zero-order valence-electron chi connectivity index (χ0n) is 14.6. The number of rotatable bonds is 4. The maximum absolute atomic E-state index is 13.2. The molecule has 0 aliphatic carbocycles. The average Bonchev–Trinajstić information content (AvgIpc) is 2.59. The monoisotopic (exact) mass is 342 g/mol. The highest BCUT2D eigenvalue weighted by Gasteiger charge is 2.22. The summed E-state index contributed by atoms with van der Waals surface area (Å²) in [5.41, 5.74) is 4.38. The van der Waals surface area contributed by atoms with Gasteiger partial charge in [-0.1, -0.05) is 12.1 Å². The number of carbonyl (C=O) groups is 1. The molecule has 2 amide bonds. The zero-order chi connectivity index (χ0) is 17.8. The van der Waals surface area contributed by atoms with Gasteiger partial charge in [0.25, 0.3) is 0 Å². The number of hydrogen-bond donors (Lipinski definition) is 1. The van der Waals surface area contributed by atoms with Crippen LogP contribution in [0.2, 0.25) is 0 Å². The van der Waals surface area contributed by atoms with Crippen molar-refractivity contribution in [3.63, 3.8) is 0 Å². The SMILES string of the molecule is CN(C)Cc1cncc2c1CCN(C(=O)NCc1cccc(F)c1)C2. The van der Waals surface area contributed by atoms with E-state index in [9.17, 15) is 9.18 Å². The van der Waals surface area contributed by atoms with Gasteiger partial charge in [-0.25, -0.2) is 9.18 Å². The summed E-state index contributed by atoms with van der Waals surface area (Å²) in [5.74, 6) is -0.293. The molecule has 25 heavy (non-hydrogen) atoms. The number of nitrogens with one attached hydrogen (secondary N) is 1. The molecule has 2 heterocycles. The van der Waals surface area contributed by atoms with Crippen LogP contribution in [-0.2, 0) is 26.1 Å². The van der Waals surface area contributed by atoms with Gasteiger partial charge in [0.2, 0.25) is 0 Å². The summed E-state index contributed by atoms with van der Waals surface area (Å²) in [7, 11) is 4.07. The lowest BCUT2D eigenvalue weighted by atomic mass is 9.97. The lowest BCUT2D eigenvalue weighted by Gasteiger charge is -2.30. The highest BCUT2D eigenvalue weighted by atomic mass is 19.1. The van der Waals surface area contributed by atoms with Gasteiger partial charge in [0.05, 0.1) is 0 Å². The number of benzene rings is 1. The summed E-state index contributed by atoms with van der Waals surface area (Å²) >= 11 is 0. The molecule has 0 atom stereocenters. The minimum atomic E-state index is -0.293. The number of nitrogens with zero attached hydrogens (tertiary/aromatic N) is 3. The van der Waals surface area contributed by atoms with Crippen molar-refractivity contribution in [3.8, 4) is 0 Å². The summed E-state index contributed by atoms with van der Waals surface area (Å²) in [5, 5.41) is 2.87. The number of urea groups is 1. The van der Waals surface area contributed by atoms with Gasteiger partial charge in [0, 0.05) is 38.6 Å². The predicted molar refractivity (Wildman–Crippen MR) is 94.4 cm³/mol. The summed E-state index contributed by atoms with van der Waals surface area (Å²) in [4.78, 5) is 20.6. The highest BCUT2D eigenvalue weighted by molar-refractivity contribution is 5.74. The van der Waals surface area contributed by atoms with Crippen LogP contribution in [0, 0.1) is 5.82 Å². The molecule has 3 rings (SSSR count). The van der Waals surface area contributed by atoms with Gasteiger partial charge >= 0.3 is 6.03 Å². The number of amides is 2. The maximum atomic E-state index is 13.2. The fourth-order valence-electron chi connectivity index (χ4n) is 3.15. The molecule has 0 unspecified atom stereocenters. The van der Waals surface area contributed by atoms with E-state index >= 15 is 0 Å². The zero-order valence-corrected chi connectivity index (χ0v) is 14.6.